The summed E-state index contributed by atoms with van der Waals surface area (Å²) in [5, 5.41) is 3.57. The van der Waals surface area contributed by atoms with Gasteiger partial charge in [0.05, 0.1) is 11.7 Å². The van der Waals surface area contributed by atoms with E-state index >= 15 is 0 Å². The number of hydrogen-bond acceptors (Lipinski definition) is 3. The van der Waals surface area contributed by atoms with Crippen molar-refractivity contribution in [1.82, 2.24) is 10.3 Å². The average Bonchev–Trinajstić information content (AvgIpc) is 2.67. The first-order valence-corrected chi connectivity index (χ1v) is 8.34. The van der Waals surface area contributed by atoms with Crippen molar-refractivity contribution in [1.29, 1.82) is 0 Å². The van der Waals surface area contributed by atoms with Crippen LogP contribution in [0.2, 0.25) is 0 Å². The minimum Gasteiger partial charge on any atom is -0.489 e. The van der Waals surface area contributed by atoms with E-state index in [1.54, 1.807) is 0 Å². The highest BCUT2D eigenvalue weighted by Gasteiger charge is 2.22. The maximum absolute atomic E-state index is 5.96. The van der Waals surface area contributed by atoms with Crippen LogP contribution in [0.25, 0.3) is 0 Å². The summed E-state index contributed by atoms with van der Waals surface area (Å²) < 4.78 is 5.96. The lowest BCUT2D eigenvalue weighted by atomic mass is 9.92. The van der Waals surface area contributed by atoms with Crippen LogP contribution in [-0.2, 0) is 13.0 Å². The third kappa shape index (κ3) is 3.17. The SMILES string of the molecule is c1ccc(COc2ccc3c(c2)CCNC3c2ccccn2)cc1. The van der Waals surface area contributed by atoms with Crippen molar-refractivity contribution in [3.05, 3.63) is 95.3 Å². The molecule has 1 atom stereocenters. The first-order chi connectivity index (χ1) is 11.9. The normalized spacial score (nSPS) is 16.4. The van der Waals surface area contributed by atoms with Crippen molar-refractivity contribution in [2.24, 2.45) is 0 Å². The molecule has 2 aromatic carbocycles. The van der Waals surface area contributed by atoms with Crippen LogP contribution >= 0.6 is 0 Å². The molecule has 0 saturated carbocycles. The average molecular weight is 316 g/mol. The second-order valence-electron chi connectivity index (χ2n) is 6.03. The van der Waals surface area contributed by atoms with Gasteiger partial charge in [0.2, 0.25) is 0 Å². The van der Waals surface area contributed by atoms with Crippen LogP contribution in [0.3, 0.4) is 0 Å². The zero-order valence-corrected chi connectivity index (χ0v) is 13.5. The molecule has 0 aliphatic carbocycles. The summed E-state index contributed by atoms with van der Waals surface area (Å²) in [4.78, 5) is 4.51. The lowest BCUT2D eigenvalue weighted by Gasteiger charge is -2.27. The van der Waals surface area contributed by atoms with Crippen molar-refractivity contribution in [3.8, 4) is 5.75 Å². The van der Waals surface area contributed by atoms with Crippen LogP contribution in [0.5, 0.6) is 5.75 Å². The Morgan fingerprint density at radius 1 is 1.00 bits per heavy atom. The van der Waals surface area contributed by atoms with Gasteiger partial charge in [0.1, 0.15) is 12.4 Å². The largest absolute Gasteiger partial charge is 0.489 e. The summed E-state index contributed by atoms with van der Waals surface area (Å²) in [5.74, 6) is 0.930. The molecule has 3 aromatic rings. The highest BCUT2D eigenvalue weighted by molar-refractivity contribution is 5.42. The van der Waals surface area contributed by atoms with Crippen molar-refractivity contribution in [2.75, 3.05) is 6.54 Å². The monoisotopic (exact) mass is 316 g/mol. The molecule has 120 valence electrons. The van der Waals surface area contributed by atoms with Gasteiger partial charge in [-0.15, -0.1) is 0 Å². The van der Waals surface area contributed by atoms with E-state index in [1.807, 2.05) is 36.5 Å². The van der Waals surface area contributed by atoms with Gasteiger partial charge in [0.15, 0.2) is 0 Å². The fourth-order valence-electron chi connectivity index (χ4n) is 3.18. The van der Waals surface area contributed by atoms with Gasteiger partial charge < -0.3 is 10.1 Å². The maximum atomic E-state index is 5.96. The van der Waals surface area contributed by atoms with Gasteiger partial charge in [-0.2, -0.15) is 0 Å². The molecule has 0 amide bonds. The lowest BCUT2D eigenvalue weighted by molar-refractivity contribution is 0.305. The Kier molecular flexibility index (Phi) is 4.26. The van der Waals surface area contributed by atoms with E-state index in [-0.39, 0.29) is 6.04 Å². The van der Waals surface area contributed by atoms with Crippen molar-refractivity contribution < 1.29 is 4.74 Å². The first kappa shape index (κ1) is 14.9. The topological polar surface area (TPSA) is 34.1 Å². The Bertz CT molecular complexity index is 803. The van der Waals surface area contributed by atoms with Crippen molar-refractivity contribution in [2.45, 2.75) is 19.1 Å². The van der Waals surface area contributed by atoms with Gasteiger partial charge in [0, 0.05) is 12.7 Å². The number of rotatable bonds is 4. The Morgan fingerprint density at radius 2 is 1.88 bits per heavy atom. The Morgan fingerprint density at radius 3 is 2.71 bits per heavy atom. The molecule has 0 fully saturated rings. The van der Waals surface area contributed by atoms with Crippen LogP contribution in [-0.4, -0.2) is 11.5 Å². The summed E-state index contributed by atoms with van der Waals surface area (Å²) in [6.45, 7) is 1.55. The number of fused-ring (bicyclic) bond motifs is 1. The summed E-state index contributed by atoms with van der Waals surface area (Å²) in [5.41, 5.74) is 4.89. The predicted octanol–water partition coefficient (Wildman–Crippen LogP) is 3.90. The van der Waals surface area contributed by atoms with E-state index in [2.05, 4.69) is 46.7 Å². The van der Waals surface area contributed by atoms with Crippen LogP contribution in [0.4, 0.5) is 0 Å². The fraction of sp³-hybridized carbons (Fsp3) is 0.190. The van der Waals surface area contributed by atoms with E-state index in [1.165, 1.54) is 16.7 Å². The molecule has 4 rings (SSSR count). The Balaban J connectivity index is 1.54. The molecular formula is C21H20N2O. The Hall–Kier alpha value is -2.65. The molecule has 0 bridgehead atoms. The second-order valence-corrected chi connectivity index (χ2v) is 6.03. The van der Waals surface area contributed by atoms with Crippen LogP contribution in [0.1, 0.15) is 28.4 Å². The molecule has 1 aliphatic rings. The first-order valence-electron chi connectivity index (χ1n) is 8.34. The standard InChI is InChI=1S/C21H20N2O/c1-2-6-16(7-3-1)15-24-18-9-10-19-17(14-18)11-13-23-21(19)20-8-4-5-12-22-20/h1-10,12,14,21,23H,11,13,15H2. The summed E-state index contributed by atoms with van der Waals surface area (Å²) in [6, 6.07) is 22.9. The number of ether oxygens (including phenoxy) is 1. The molecule has 1 unspecified atom stereocenters. The molecule has 2 heterocycles. The highest BCUT2D eigenvalue weighted by atomic mass is 16.5. The number of nitrogens with zero attached hydrogens (tertiary/aromatic N) is 1. The predicted molar refractivity (Wildman–Crippen MR) is 95.0 cm³/mol. The molecule has 0 spiro atoms. The van der Waals surface area contributed by atoms with Crippen LogP contribution < -0.4 is 10.1 Å². The minimum absolute atomic E-state index is 0.165. The maximum Gasteiger partial charge on any atom is 0.120 e. The van der Waals surface area contributed by atoms with E-state index < -0.39 is 0 Å². The second kappa shape index (κ2) is 6.85. The number of pyridine rings is 1. The lowest BCUT2D eigenvalue weighted by Crippen LogP contribution is -2.31. The van der Waals surface area contributed by atoms with Crippen LogP contribution in [0.15, 0.2) is 72.9 Å². The number of benzene rings is 2. The van der Waals surface area contributed by atoms with Gasteiger partial charge in [-0.1, -0.05) is 42.5 Å². The third-order valence-electron chi connectivity index (χ3n) is 4.40. The van der Waals surface area contributed by atoms with E-state index in [0.29, 0.717) is 6.61 Å². The van der Waals surface area contributed by atoms with Gasteiger partial charge in [0.25, 0.3) is 0 Å². The molecule has 3 heteroatoms. The fourth-order valence-corrected chi connectivity index (χ4v) is 3.18. The zero-order valence-electron chi connectivity index (χ0n) is 13.5. The zero-order chi connectivity index (χ0) is 16.2. The van der Waals surface area contributed by atoms with Crippen LogP contribution in [0, 0.1) is 0 Å². The summed E-state index contributed by atoms with van der Waals surface area (Å²) >= 11 is 0. The molecular weight excluding hydrogens is 296 g/mol. The van der Waals surface area contributed by atoms with E-state index in [4.69, 9.17) is 4.74 Å². The number of aromatic nitrogens is 1. The molecule has 1 aliphatic heterocycles. The molecule has 1 aromatic heterocycles. The molecule has 24 heavy (non-hydrogen) atoms. The molecule has 3 nitrogen and oxygen atoms in total. The third-order valence-corrected chi connectivity index (χ3v) is 4.40. The van der Waals surface area contributed by atoms with E-state index in [9.17, 15) is 0 Å². The number of hydrogen-bond donors (Lipinski definition) is 1. The summed E-state index contributed by atoms with van der Waals surface area (Å²) in [6.07, 6.45) is 2.86. The summed E-state index contributed by atoms with van der Waals surface area (Å²) in [7, 11) is 0. The quantitative estimate of drug-likeness (QED) is 0.793. The van der Waals surface area contributed by atoms with Gasteiger partial charge in [-0.3, -0.25) is 4.98 Å². The smallest absolute Gasteiger partial charge is 0.120 e. The van der Waals surface area contributed by atoms with Gasteiger partial charge in [-0.05, 0) is 47.4 Å². The van der Waals surface area contributed by atoms with Gasteiger partial charge in [-0.25, -0.2) is 0 Å². The van der Waals surface area contributed by atoms with Gasteiger partial charge >= 0.3 is 0 Å². The minimum atomic E-state index is 0.165. The van der Waals surface area contributed by atoms with Crippen molar-refractivity contribution >= 4 is 0 Å². The van der Waals surface area contributed by atoms with E-state index in [0.717, 1.165) is 24.4 Å². The molecule has 0 saturated heterocycles. The number of nitrogens with one attached hydrogen (secondary N) is 1. The Labute approximate surface area is 142 Å². The molecule has 1 N–H and O–H groups in total. The van der Waals surface area contributed by atoms with Crippen molar-refractivity contribution in [3.63, 3.8) is 0 Å². The highest BCUT2D eigenvalue weighted by Crippen LogP contribution is 2.30. The molecule has 0 radical (unpaired) electrons.